The summed E-state index contributed by atoms with van der Waals surface area (Å²) in [5.41, 5.74) is 0. The van der Waals surface area contributed by atoms with Crippen molar-refractivity contribution in [2.45, 2.75) is 103 Å². The number of unbranched alkanes of at least 4 members (excludes halogenated alkanes) is 6. The van der Waals surface area contributed by atoms with Crippen molar-refractivity contribution < 1.29 is 5.11 Å². The average Bonchev–Trinajstić information content (AvgIpc) is 2.48. The second-order valence-corrected chi connectivity index (χ2v) is 21.0. The van der Waals surface area contributed by atoms with E-state index in [0.29, 0.717) is 6.61 Å². The van der Waals surface area contributed by atoms with Gasteiger partial charge in [-0.25, -0.2) is 0 Å². The number of rotatable bonds is 15. The number of aliphatic hydroxyl groups excluding tert-OH is 1. The van der Waals surface area contributed by atoms with E-state index < -0.39 is 18.4 Å². The van der Waals surface area contributed by atoms with Crippen LogP contribution in [0.15, 0.2) is 0 Å². The van der Waals surface area contributed by atoms with Crippen molar-refractivity contribution in [2.75, 3.05) is 6.61 Å². The molecule has 0 fully saturated rings. The monoisotopic (exact) mass is 392 g/mol. The van der Waals surface area contributed by atoms with Gasteiger partial charge in [-0.15, -0.1) is 0 Å². The maximum atomic E-state index is 8.89. The van der Waals surface area contributed by atoms with Gasteiger partial charge in [-0.05, 0) is 0 Å². The van der Waals surface area contributed by atoms with Crippen LogP contribution in [0.3, 0.4) is 0 Å². The zero-order chi connectivity index (χ0) is 15.1. The molecule has 0 amide bonds. The summed E-state index contributed by atoms with van der Waals surface area (Å²) in [6, 6.07) is 0. The van der Waals surface area contributed by atoms with Gasteiger partial charge < -0.3 is 0 Å². The quantitative estimate of drug-likeness (QED) is 0.253. The molecule has 0 saturated heterocycles. The van der Waals surface area contributed by atoms with E-state index in [1.807, 2.05) is 0 Å². The van der Waals surface area contributed by atoms with Crippen molar-refractivity contribution in [1.29, 1.82) is 0 Å². The maximum absolute atomic E-state index is 8.89. The molecule has 0 aromatic carbocycles. The molecule has 0 saturated carbocycles. The summed E-state index contributed by atoms with van der Waals surface area (Å²) < 4.78 is 6.61. The van der Waals surface area contributed by atoms with Gasteiger partial charge in [0.15, 0.2) is 0 Å². The van der Waals surface area contributed by atoms with Gasteiger partial charge in [0.2, 0.25) is 0 Å². The van der Waals surface area contributed by atoms with Crippen LogP contribution in [0.5, 0.6) is 0 Å². The molecule has 122 valence electrons. The van der Waals surface area contributed by atoms with Crippen molar-refractivity contribution in [1.82, 2.24) is 0 Å². The second kappa shape index (κ2) is 14.7. The van der Waals surface area contributed by atoms with Crippen LogP contribution in [0.25, 0.3) is 0 Å². The Bertz CT molecular complexity index is 172. The van der Waals surface area contributed by atoms with E-state index >= 15 is 0 Å². The van der Waals surface area contributed by atoms with Gasteiger partial charge in [0.1, 0.15) is 0 Å². The molecule has 0 aromatic heterocycles. The third kappa shape index (κ3) is 10.5. The first-order valence-corrected chi connectivity index (χ1v) is 17.4. The minimum absolute atomic E-state index is 0.385. The molecule has 0 heterocycles. The topological polar surface area (TPSA) is 20.2 Å². The number of hydrogen-bond donors (Lipinski definition) is 1. The molecule has 0 atom stereocenters. The van der Waals surface area contributed by atoms with Gasteiger partial charge in [-0.1, -0.05) is 0 Å². The zero-order valence-electron chi connectivity index (χ0n) is 14.6. The molecule has 0 aromatic rings. The first-order chi connectivity index (χ1) is 9.74. The van der Waals surface area contributed by atoms with E-state index in [-0.39, 0.29) is 0 Å². The number of aliphatic hydroxyl groups is 1. The van der Waals surface area contributed by atoms with Crippen molar-refractivity contribution in [2.24, 2.45) is 0 Å². The third-order valence-corrected chi connectivity index (χ3v) is 20.9. The summed E-state index contributed by atoms with van der Waals surface area (Å²) in [6.07, 6.45) is 13.8. The molecule has 20 heavy (non-hydrogen) atoms. The molecule has 0 aliphatic carbocycles. The fraction of sp³-hybridized carbons (Fsp3) is 1.00. The summed E-state index contributed by atoms with van der Waals surface area (Å²) in [7, 11) is 0. The summed E-state index contributed by atoms with van der Waals surface area (Å²) in [6.45, 7) is 7.46. The number of hydrogen-bond acceptors (Lipinski definition) is 1. The average molecular weight is 391 g/mol. The van der Waals surface area contributed by atoms with Crippen LogP contribution in [0.1, 0.15) is 85.0 Å². The summed E-state index contributed by atoms with van der Waals surface area (Å²) in [5, 5.41) is 8.89. The molecule has 1 N–H and O–H groups in total. The second-order valence-electron chi connectivity index (χ2n) is 6.70. The predicted molar refractivity (Wildman–Crippen MR) is 95.3 cm³/mol. The Morgan fingerprint density at radius 1 is 0.550 bits per heavy atom. The van der Waals surface area contributed by atoms with Gasteiger partial charge in [0.25, 0.3) is 0 Å². The van der Waals surface area contributed by atoms with Gasteiger partial charge in [0.05, 0.1) is 0 Å². The van der Waals surface area contributed by atoms with Crippen molar-refractivity contribution in [3.63, 3.8) is 0 Å². The van der Waals surface area contributed by atoms with Crippen molar-refractivity contribution >= 4 is 18.4 Å². The molecule has 0 rings (SSSR count). The van der Waals surface area contributed by atoms with Crippen LogP contribution in [0, 0.1) is 0 Å². The first-order valence-electron chi connectivity index (χ1n) is 9.35. The summed E-state index contributed by atoms with van der Waals surface area (Å²) >= 11 is -1.81. The SMILES string of the molecule is CCC[CH2][Sn]([CH2]CCC)([CH2]CCC)[CH2]CCCCCO. The standard InChI is InChI=1S/C6H13O.3C4H9.Sn/c1-2-3-4-5-6-7;3*1-3-4-2;/h7H,1-6H2;3*1,3-4H2,2H3;. The van der Waals surface area contributed by atoms with Crippen LogP contribution in [-0.4, -0.2) is 30.1 Å². The molecule has 0 aliphatic rings. The van der Waals surface area contributed by atoms with E-state index in [0.717, 1.165) is 6.42 Å². The van der Waals surface area contributed by atoms with E-state index in [1.54, 1.807) is 17.7 Å². The fourth-order valence-electron chi connectivity index (χ4n) is 3.37. The molecule has 0 bridgehead atoms. The minimum atomic E-state index is -1.81. The first kappa shape index (κ1) is 20.8. The normalized spacial score (nSPS) is 12.0. The van der Waals surface area contributed by atoms with E-state index in [9.17, 15) is 0 Å². The third-order valence-electron chi connectivity index (χ3n) is 4.80. The van der Waals surface area contributed by atoms with Gasteiger partial charge in [-0.2, -0.15) is 0 Å². The van der Waals surface area contributed by atoms with Crippen LogP contribution in [0.4, 0.5) is 0 Å². The Kier molecular flexibility index (Phi) is 15.2. The van der Waals surface area contributed by atoms with Crippen LogP contribution in [0.2, 0.25) is 17.7 Å². The van der Waals surface area contributed by atoms with Crippen LogP contribution in [-0.2, 0) is 0 Å². The fourth-order valence-corrected chi connectivity index (χ4v) is 20.0. The Labute approximate surface area is 132 Å². The van der Waals surface area contributed by atoms with E-state index in [2.05, 4.69) is 20.8 Å². The molecule has 1 nitrogen and oxygen atoms in total. The summed E-state index contributed by atoms with van der Waals surface area (Å²) in [5.74, 6) is 0. The Morgan fingerprint density at radius 3 is 1.35 bits per heavy atom. The molecular formula is C18H40OSn. The summed E-state index contributed by atoms with van der Waals surface area (Å²) in [4.78, 5) is 0. The molecular weight excluding hydrogens is 351 g/mol. The van der Waals surface area contributed by atoms with E-state index in [1.165, 1.54) is 57.8 Å². The Hall–Kier alpha value is 0.759. The molecule has 2 heteroatoms. The van der Waals surface area contributed by atoms with E-state index in [4.69, 9.17) is 5.11 Å². The molecule has 0 unspecified atom stereocenters. The molecule has 0 radical (unpaired) electrons. The van der Waals surface area contributed by atoms with Gasteiger partial charge >= 0.3 is 133 Å². The zero-order valence-corrected chi connectivity index (χ0v) is 17.4. The van der Waals surface area contributed by atoms with Gasteiger partial charge in [0, 0.05) is 0 Å². The predicted octanol–water partition coefficient (Wildman–Crippen LogP) is 6.39. The van der Waals surface area contributed by atoms with Crippen LogP contribution >= 0.6 is 0 Å². The Morgan fingerprint density at radius 2 is 0.950 bits per heavy atom. The van der Waals surface area contributed by atoms with Crippen LogP contribution < -0.4 is 0 Å². The van der Waals surface area contributed by atoms with Gasteiger partial charge in [-0.3, -0.25) is 0 Å². The van der Waals surface area contributed by atoms with Crippen molar-refractivity contribution in [3.8, 4) is 0 Å². The molecule has 0 aliphatic heterocycles. The molecule has 0 spiro atoms. The Balaban J connectivity index is 4.34. The van der Waals surface area contributed by atoms with Crippen molar-refractivity contribution in [3.05, 3.63) is 0 Å².